The molecule has 0 aliphatic carbocycles. The molecule has 84 valence electrons. The zero-order valence-corrected chi connectivity index (χ0v) is 9.55. The Bertz CT molecular complexity index is 288. The first kappa shape index (κ1) is 12.2. The van der Waals surface area contributed by atoms with Gasteiger partial charge in [-0.15, -0.1) is 11.3 Å². The Morgan fingerprint density at radius 1 is 1.73 bits per heavy atom. The molecule has 1 unspecified atom stereocenters. The van der Waals surface area contributed by atoms with E-state index in [0.29, 0.717) is 13.2 Å². The summed E-state index contributed by atoms with van der Waals surface area (Å²) in [6, 6.07) is 4.00. The Hall–Kier alpha value is -0.910. The molecule has 15 heavy (non-hydrogen) atoms. The highest BCUT2D eigenvalue weighted by molar-refractivity contribution is 7.10. The number of hydrogen-bond donors (Lipinski definition) is 2. The van der Waals surface area contributed by atoms with Crippen molar-refractivity contribution in [2.45, 2.75) is 13.0 Å². The second-order valence-corrected chi connectivity index (χ2v) is 4.13. The molecular weight excluding hydrogens is 212 g/mol. The molecule has 0 spiro atoms. The smallest absolute Gasteiger partial charge is 0.246 e. The number of nitrogens with two attached hydrogens (primary N) is 1. The van der Waals surface area contributed by atoms with Crippen molar-refractivity contribution in [2.24, 2.45) is 5.73 Å². The number of amides is 1. The molecule has 1 heterocycles. The molecule has 0 saturated heterocycles. The Morgan fingerprint density at radius 2 is 2.53 bits per heavy atom. The van der Waals surface area contributed by atoms with Crippen LogP contribution in [0, 0.1) is 0 Å². The highest BCUT2D eigenvalue weighted by Gasteiger charge is 2.09. The normalized spacial score (nSPS) is 12.4. The predicted molar refractivity (Wildman–Crippen MR) is 60.8 cm³/mol. The van der Waals surface area contributed by atoms with E-state index >= 15 is 0 Å². The van der Waals surface area contributed by atoms with E-state index in [9.17, 15) is 4.79 Å². The Balaban J connectivity index is 2.26. The standard InChI is InChI=1S/C10H16N2O2S/c1-8(9-3-2-6-15-9)12-10(13)7-14-5-4-11/h2-3,6,8H,4-5,7,11H2,1H3,(H,12,13). The maximum absolute atomic E-state index is 11.4. The van der Waals surface area contributed by atoms with Gasteiger partial charge in [-0.25, -0.2) is 0 Å². The van der Waals surface area contributed by atoms with Crippen LogP contribution in [0.25, 0.3) is 0 Å². The minimum atomic E-state index is -0.107. The van der Waals surface area contributed by atoms with Crippen molar-refractivity contribution in [2.75, 3.05) is 19.8 Å². The molecule has 0 saturated carbocycles. The van der Waals surface area contributed by atoms with Crippen LogP contribution in [-0.4, -0.2) is 25.7 Å². The summed E-state index contributed by atoms with van der Waals surface area (Å²) in [5.74, 6) is -0.107. The topological polar surface area (TPSA) is 64.3 Å². The first-order valence-electron chi connectivity index (χ1n) is 4.84. The van der Waals surface area contributed by atoms with Crippen LogP contribution in [0.15, 0.2) is 17.5 Å². The average Bonchev–Trinajstić information content (AvgIpc) is 2.70. The number of thiophene rings is 1. The van der Waals surface area contributed by atoms with Gasteiger partial charge in [-0.1, -0.05) is 6.07 Å². The number of nitrogens with one attached hydrogen (secondary N) is 1. The third-order valence-corrected chi connectivity index (χ3v) is 2.90. The van der Waals surface area contributed by atoms with Crippen molar-refractivity contribution in [1.29, 1.82) is 0 Å². The van der Waals surface area contributed by atoms with Crippen LogP contribution >= 0.6 is 11.3 Å². The number of carbonyl (C=O) groups excluding carboxylic acids is 1. The van der Waals surface area contributed by atoms with E-state index in [1.807, 2.05) is 24.4 Å². The van der Waals surface area contributed by atoms with Crippen molar-refractivity contribution in [1.82, 2.24) is 5.32 Å². The largest absolute Gasteiger partial charge is 0.370 e. The van der Waals surface area contributed by atoms with Crippen molar-refractivity contribution in [3.63, 3.8) is 0 Å². The van der Waals surface area contributed by atoms with Crippen LogP contribution in [-0.2, 0) is 9.53 Å². The number of ether oxygens (including phenoxy) is 1. The van der Waals surface area contributed by atoms with Crippen LogP contribution in [0.4, 0.5) is 0 Å². The maximum atomic E-state index is 11.4. The molecule has 4 nitrogen and oxygen atoms in total. The highest BCUT2D eigenvalue weighted by Crippen LogP contribution is 2.17. The molecule has 3 N–H and O–H groups in total. The Labute approximate surface area is 93.4 Å². The van der Waals surface area contributed by atoms with Crippen molar-refractivity contribution >= 4 is 17.2 Å². The summed E-state index contributed by atoms with van der Waals surface area (Å²) in [4.78, 5) is 12.5. The third kappa shape index (κ3) is 4.42. The minimum absolute atomic E-state index is 0.0407. The zero-order chi connectivity index (χ0) is 11.1. The molecule has 1 atom stereocenters. The summed E-state index contributed by atoms with van der Waals surface area (Å²) in [5, 5.41) is 4.84. The van der Waals surface area contributed by atoms with Gasteiger partial charge in [-0.05, 0) is 18.4 Å². The summed E-state index contributed by atoms with van der Waals surface area (Å²) in [5.41, 5.74) is 5.24. The van der Waals surface area contributed by atoms with Crippen LogP contribution in [0.5, 0.6) is 0 Å². The van der Waals surface area contributed by atoms with Gasteiger partial charge in [0.25, 0.3) is 0 Å². The average molecular weight is 228 g/mol. The van der Waals surface area contributed by atoms with Gasteiger partial charge in [0, 0.05) is 11.4 Å². The van der Waals surface area contributed by atoms with Crippen LogP contribution in [0.1, 0.15) is 17.8 Å². The lowest BCUT2D eigenvalue weighted by atomic mass is 10.3. The van der Waals surface area contributed by atoms with Gasteiger partial charge in [0.2, 0.25) is 5.91 Å². The number of carbonyl (C=O) groups is 1. The molecule has 1 rings (SSSR count). The lowest BCUT2D eigenvalue weighted by Crippen LogP contribution is -2.30. The molecule has 5 heteroatoms. The fraction of sp³-hybridized carbons (Fsp3) is 0.500. The monoisotopic (exact) mass is 228 g/mol. The Kier molecular flexibility index (Phi) is 5.31. The summed E-state index contributed by atoms with van der Waals surface area (Å²) in [7, 11) is 0. The molecule has 0 bridgehead atoms. The van der Waals surface area contributed by atoms with Crippen molar-refractivity contribution in [3.05, 3.63) is 22.4 Å². The van der Waals surface area contributed by atoms with Gasteiger partial charge in [0.15, 0.2) is 0 Å². The molecule has 1 aromatic rings. The molecule has 0 aliphatic heterocycles. The number of hydrogen-bond acceptors (Lipinski definition) is 4. The lowest BCUT2D eigenvalue weighted by Gasteiger charge is -2.11. The van der Waals surface area contributed by atoms with E-state index in [-0.39, 0.29) is 18.6 Å². The third-order valence-electron chi connectivity index (χ3n) is 1.84. The van der Waals surface area contributed by atoms with Gasteiger partial charge in [-0.2, -0.15) is 0 Å². The van der Waals surface area contributed by atoms with Crippen LogP contribution < -0.4 is 11.1 Å². The summed E-state index contributed by atoms with van der Waals surface area (Å²) < 4.78 is 5.03. The van der Waals surface area contributed by atoms with Gasteiger partial charge >= 0.3 is 0 Å². The predicted octanol–water partition coefficient (Wildman–Crippen LogP) is 0.901. The van der Waals surface area contributed by atoms with E-state index in [4.69, 9.17) is 10.5 Å². The van der Waals surface area contributed by atoms with Crippen molar-refractivity contribution < 1.29 is 9.53 Å². The number of rotatable bonds is 6. The van der Waals surface area contributed by atoms with Gasteiger partial charge in [-0.3, -0.25) is 4.79 Å². The van der Waals surface area contributed by atoms with Crippen LogP contribution in [0.2, 0.25) is 0 Å². The minimum Gasteiger partial charge on any atom is -0.370 e. The molecule has 0 aliphatic rings. The fourth-order valence-corrected chi connectivity index (χ4v) is 1.87. The van der Waals surface area contributed by atoms with Crippen molar-refractivity contribution in [3.8, 4) is 0 Å². The van der Waals surface area contributed by atoms with E-state index < -0.39 is 0 Å². The fourth-order valence-electron chi connectivity index (χ4n) is 1.14. The summed E-state index contributed by atoms with van der Waals surface area (Å²) in [6.45, 7) is 2.88. The van der Waals surface area contributed by atoms with Gasteiger partial charge < -0.3 is 15.8 Å². The Morgan fingerprint density at radius 3 is 3.13 bits per heavy atom. The van der Waals surface area contributed by atoms with E-state index in [1.54, 1.807) is 11.3 Å². The zero-order valence-electron chi connectivity index (χ0n) is 8.73. The summed E-state index contributed by atoms with van der Waals surface area (Å²) in [6.07, 6.45) is 0. The second kappa shape index (κ2) is 6.55. The van der Waals surface area contributed by atoms with Gasteiger partial charge in [0.1, 0.15) is 6.61 Å². The maximum Gasteiger partial charge on any atom is 0.246 e. The lowest BCUT2D eigenvalue weighted by molar-refractivity contribution is -0.126. The first-order chi connectivity index (χ1) is 7.24. The van der Waals surface area contributed by atoms with E-state index in [2.05, 4.69) is 5.32 Å². The van der Waals surface area contributed by atoms with E-state index in [1.165, 1.54) is 0 Å². The summed E-state index contributed by atoms with van der Waals surface area (Å²) >= 11 is 1.63. The molecular formula is C10H16N2O2S. The van der Waals surface area contributed by atoms with Crippen LogP contribution in [0.3, 0.4) is 0 Å². The molecule has 1 aromatic heterocycles. The quantitative estimate of drug-likeness (QED) is 0.711. The molecule has 0 radical (unpaired) electrons. The highest BCUT2D eigenvalue weighted by atomic mass is 32.1. The second-order valence-electron chi connectivity index (χ2n) is 3.15. The van der Waals surface area contributed by atoms with E-state index in [0.717, 1.165) is 4.88 Å². The first-order valence-corrected chi connectivity index (χ1v) is 5.72. The molecule has 0 fully saturated rings. The van der Waals surface area contributed by atoms with Gasteiger partial charge in [0.05, 0.1) is 12.6 Å². The SMILES string of the molecule is CC(NC(=O)COCCN)c1cccs1. The molecule has 1 amide bonds. The molecule has 0 aromatic carbocycles.